The first-order valence-electron chi connectivity index (χ1n) is 10.7. The highest BCUT2D eigenvalue weighted by Gasteiger charge is 2.30. The van der Waals surface area contributed by atoms with Crippen molar-refractivity contribution in [1.82, 2.24) is 25.0 Å². The van der Waals surface area contributed by atoms with Crippen LogP contribution in [0.4, 0.5) is 5.82 Å². The molecular weight excluding hydrogens is 412 g/mol. The van der Waals surface area contributed by atoms with Gasteiger partial charge in [-0.2, -0.15) is 4.98 Å². The Hall–Kier alpha value is -2.81. The molecule has 3 aromatic rings. The standard InChI is InChI=1S/C22H28N6O2S/c1-4-6-19-25-21(30-26-19)18-13-23-15(2)24-20(18)28-10-8-16(9-11-28)22(29)27(3)14-17-7-5-12-31-17/h5,7,12-13,16H,4,6,8-11,14H2,1-3H3. The first-order valence-corrected chi connectivity index (χ1v) is 11.6. The van der Waals surface area contributed by atoms with E-state index in [1.807, 2.05) is 30.3 Å². The Kier molecular flexibility index (Phi) is 6.60. The van der Waals surface area contributed by atoms with Crippen LogP contribution in [0.2, 0.25) is 0 Å². The van der Waals surface area contributed by atoms with Gasteiger partial charge in [-0.05, 0) is 37.6 Å². The fourth-order valence-corrected chi connectivity index (χ4v) is 4.66. The molecule has 0 aliphatic carbocycles. The molecular formula is C22H28N6O2S. The molecule has 0 radical (unpaired) electrons. The fraction of sp³-hybridized carbons (Fsp3) is 0.500. The Morgan fingerprint density at radius 1 is 1.32 bits per heavy atom. The first kappa shape index (κ1) is 21.4. The van der Waals surface area contributed by atoms with Crippen molar-refractivity contribution in [3.05, 3.63) is 40.2 Å². The molecule has 1 aliphatic rings. The number of carbonyl (C=O) groups is 1. The number of carbonyl (C=O) groups excluding carboxylic acids is 1. The van der Waals surface area contributed by atoms with E-state index < -0.39 is 0 Å². The van der Waals surface area contributed by atoms with Crippen molar-refractivity contribution in [1.29, 1.82) is 0 Å². The number of piperidine rings is 1. The molecule has 9 heteroatoms. The van der Waals surface area contributed by atoms with Gasteiger partial charge in [0.15, 0.2) is 5.82 Å². The third-order valence-electron chi connectivity index (χ3n) is 5.55. The second kappa shape index (κ2) is 9.55. The van der Waals surface area contributed by atoms with E-state index in [2.05, 4.69) is 38.0 Å². The average molecular weight is 441 g/mol. The Balaban J connectivity index is 1.44. The predicted octanol–water partition coefficient (Wildman–Crippen LogP) is 3.72. The van der Waals surface area contributed by atoms with E-state index in [0.717, 1.165) is 50.2 Å². The molecule has 0 atom stereocenters. The zero-order valence-corrected chi connectivity index (χ0v) is 19.1. The number of nitrogens with zero attached hydrogens (tertiary/aromatic N) is 6. The highest BCUT2D eigenvalue weighted by atomic mass is 32.1. The highest BCUT2D eigenvalue weighted by Crippen LogP contribution is 2.31. The second-order valence-electron chi connectivity index (χ2n) is 7.96. The number of rotatable bonds is 7. The second-order valence-corrected chi connectivity index (χ2v) is 8.99. The lowest BCUT2D eigenvalue weighted by molar-refractivity contribution is -0.135. The van der Waals surface area contributed by atoms with Crippen LogP contribution in [0.3, 0.4) is 0 Å². The molecule has 3 aromatic heterocycles. The summed E-state index contributed by atoms with van der Waals surface area (Å²) in [6, 6.07) is 4.09. The summed E-state index contributed by atoms with van der Waals surface area (Å²) in [6.45, 7) is 6.13. The molecule has 1 amide bonds. The van der Waals surface area contributed by atoms with Crippen LogP contribution in [-0.2, 0) is 17.8 Å². The van der Waals surface area contributed by atoms with E-state index in [0.29, 0.717) is 24.1 Å². The van der Waals surface area contributed by atoms with Gasteiger partial charge in [0, 0.05) is 43.5 Å². The van der Waals surface area contributed by atoms with Gasteiger partial charge in [0.2, 0.25) is 5.91 Å². The summed E-state index contributed by atoms with van der Waals surface area (Å²) >= 11 is 1.68. The topological polar surface area (TPSA) is 88.2 Å². The summed E-state index contributed by atoms with van der Waals surface area (Å²) < 4.78 is 5.49. The van der Waals surface area contributed by atoms with Gasteiger partial charge in [0.25, 0.3) is 5.89 Å². The van der Waals surface area contributed by atoms with Crippen LogP contribution < -0.4 is 4.90 Å². The molecule has 4 rings (SSSR count). The van der Waals surface area contributed by atoms with Gasteiger partial charge in [-0.15, -0.1) is 11.3 Å². The summed E-state index contributed by atoms with van der Waals surface area (Å²) in [7, 11) is 1.89. The van der Waals surface area contributed by atoms with Gasteiger partial charge in [-0.3, -0.25) is 4.79 Å². The third kappa shape index (κ3) is 4.92. The predicted molar refractivity (Wildman–Crippen MR) is 120 cm³/mol. The Morgan fingerprint density at radius 2 is 2.13 bits per heavy atom. The lowest BCUT2D eigenvalue weighted by Gasteiger charge is -2.34. The number of anilines is 1. The smallest absolute Gasteiger partial charge is 0.263 e. The summed E-state index contributed by atoms with van der Waals surface area (Å²) in [4.78, 5) is 31.7. The van der Waals surface area contributed by atoms with Crippen molar-refractivity contribution < 1.29 is 9.32 Å². The highest BCUT2D eigenvalue weighted by molar-refractivity contribution is 7.09. The zero-order valence-electron chi connectivity index (χ0n) is 18.2. The van der Waals surface area contributed by atoms with Crippen molar-refractivity contribution in [2.45, 2.75) is 46.1 Å². The number of aromatic nitrogens is 4. The maximum Gasteiger partial charge on any atom is 0.263 e. The minimum absolute atomic E-state index is 0.0344. The largest absolute Gasteiger partial charge is 0.356 e. The molecule has 0 bridgehead atoms. The van der Waals surface area contributed by atoms with Crippen molar-refractivity contribution in [2.75, 3.05) is 25.0 Å². The van der Waals surface area contributed by atoms with Gasteiger partial charge in [-0.25, -0.2) is 9.97 Å². The van der Waals surface area contributed by atoms with E-state index in [4.69, 9.17) is 4.52 Å². The summed E-state index contributed by atoms with van der Waals surface area (Å²) in [6.07, 6.45) is 5.08. The van der Waals surface area contributed by atoms with Crippen LogP contribution in [-0.4, -0.2) is 51.1 Å². The molecule has 1 fully saturated rings. The van der Waals surface area contributed by atoms with Crippen LogP contribution in [0.1, 0.15) is 42.7 Å². The third-order valence-corrected chi connectivity index (χ3v) is 6.42. The molecule has 0 spiro atoms. The number of hydrogen-bond donors (Lipinski definition) is 0. The molecule has 164 valence electrons. The van der Waals surface area contributed by atoms with E-state index in [-0.39, 0.29) is 11.8 Å². The Bertz CT molecular complexity index is 1010. The van der Waals surface area contributed by atoms with E-state index in [9.17, 15) is 4.79 Å². The summed E-state index contributed by atoms with van der Waals surface area (Å²) in [5, 5.41) is 6.11. The Morgan fingerprint density at radius 3 is 2.84 bits per heavy atom. The van der Waals surface area contributed by atoms with Crippen LogP contribution >= 0.6 is 11.3 Å². The number of hydrogen-bond acceptors (Lipinski definition) is 8. The van der Waals surface area contributed by atoms with E-state index in [1.54, 1.807) is 17.5 Å². The van der Waals surface area contributed by atoms with Crippen LogP contribution in [0.5, 0.6) is 0 Å². The van der Waals surface area contributed by atoms with Gasteiger partial charge in [0.1, 0.15) is 17.2 Å². The minimum Gasteiger partial charge on any atom is -0.356 e. The fourth-order valence-electron chi connectivity index (χ4n) is 3.90. The molecule has 0 N–H and O–H groups in total. The van der Waals surface area contributed by atoms with Crippen molar-refractivity contribution in [3.8, 4) is 11.5 Å². The van der Waals surface area contributed by atoms with E-state index >= 15 is 0 Å². The zero-order chi connectivity index (χ0) is 21.8. The van der Waals surface area contributed by atoms with Crippen LogP contribution in [0.15, 0.2) is 28.2 Å². The van der Waals surface area contributed by atoms with Crippen molar-refractivity contribution in [2.24, 2.45) is 5.92 Å². The molecule has 31 heavy (non-hydrogen) atoms. The minimum atomic E-state index is 0.0344. The quantitative estimate of drug-likeness (QED) is 0.553. The first-order chi connectivity index (χ1) is 15.0. The molecule has 8 nitrogen and oxygen atoms in total. The van der Waals surface area contributed by atoms with Gasteiger partial charge in [0.05, 0.1) is 6.54 Å². The SMILES string of the molecule is CCCc1noc(-c2cnc(C)nc2N2CCC(C(=O)N(C)Cc3cccs3)CC2)n1. The lowest BCUT2D eigenvalue weighted by atomic mass is 9.95. The molecule has 0 unspecified atom stereocenters. The van der Waals surface area contributed by atoms with Gasteiger partial charge in [-0.1, -0.05) is 18.1 Å². The van der Waals surface area contributed by atoms with Crippen molar-refractivity contribution in [3.63, 3.8) is 0 Å². The Labute approximate surface area is 186 Å². The normalized spacial score (nSPS) is 14.7. The molecule has 0 saturated carbocycles. The summed E-state index contributed by atoms with van der Waals surface area (Å²) in [5.41, 5.74) is 0.750. The molecule has 1 aliphatic heterocycles. The lowest BCUT2D eigenvalue weighted by Crippen LogP contribution is -2.41. The number of amides is 1. The maximum atomic E-state index is 12.9. The molecule has 1 saturated heterocycles. The van der Waals surface area contributed by atoms with Crippen LogP contribution in [0, 0.1) is 12.8 Å². The summed E-state index contributed by atoms with van der Waals surface area (Å²) in [5.74, 6) is 2.90. The van der Waals surface area contributed by atoms with Gasteiger partial charge >= 0.3 is 0 Å². The maximum absolute atomic E-state index is 12.9. The monoisotopic (exact) mass is 440 g/mol. The molecule has 4 heterocycles. The average Bonchev–Trinajstić information content (AvgIpc) is 3.46. The van der Waals surface area contributed by atoms with Crippen molar-refractivity contribution >= 4 is 23.1 Å². The molecule has 0 aromatic carbocycles. The number of aryl methyl sites for hydroxylation is 2. The van der Waals surface area contributed by atoms with Gasteiger partial charge < -0.3 is 14.3 Å². The van der Waals surface area contributed by atoms with E-state index in [1.165, 1.54) is 4.88 Å². The van der Waals surface area contributed by atoms with Crippen LogP contribution in [0.25, 0.3) is 11.5 Å². The number of thiophene rings is 1.